The highest BCUT2D eigenvalue weighted by atomic mass is 32.2. The van der Waals surface area contributed by atoms with Crippen molar-refractivity contribution < 1.29 is 21.4 Å². The van der Waals surface area contributed by atoms with Crippen LogP contribution in [0.1, 0.15) is 5.69 Å². The first kappa shape index (κ1) is 16.9. The average molecular weight is 346 g/mol. The van der Waals surface area contributed by atoms with Crippen LogP contribution in [0.2, 0.25) is 0 Å². The summed E-state index contributed by atoms with van der Waals surface area (Å²) < 4.78 is 57.1. The van der Waals surface area contributed by atoms with E-state index in [2.05, 4.69) is 4.18 Å². The molecule has 23 heavy (non-hydrogen) atoms. The summed E-state index contributed by atoms with van der Waals surface area (Å²) in [4.78, 5) is 23.0. The maximum atomic E-state index is 13.6. The third-order valence-electron chi connectivity index (χ3n) is 3.25. The Hall–Kier alpha value is -2.49. The van der Waals surface area contributed by atoms with E-state index in [4.69, 9.17) is 0 Å². The van der Waals surface area contributed by atoms with Gasteiger partial charge in [-0.1, -0.05) is 0 Å². The second kappa shape index (κ2) is 5.61. The van der Waals surface area contributed by atoms with E-state index >= 15 is 0 Å². The lowest BCUT2D eigenvalue weighted by Gasteiger charge is -2.13. The number of halogens is 2. The van der Waals surface area contributed by atoms with Crippen molar-refractivity contribution in [3.63, 3.8) is 0 Å². The molecule has 10 heteroatoms. The Morgan fingerprint density at radius 1 is 1.09 bits per heavy atom. The quantitative estimate of drug-likeness (QED) is 0.753. The molecule has 0 aliphatic heterocycles. The maximum Gasteiger partial charge on any atom is 0.346 e. The van der Waals surface area contributed by atoms with Crippen molar-refractivity contribution in [2.45, 2.75) is 11.8 Å². The molecule has 124 valence electrons. The normalized spacial score (nSPS) is 11.5. The van der Waals surface area contributed by atoms with Crippen LogP contribution in [-0.4, -0.2) is 17.6 Å². The molecule has 0 radical (unpaired) electrons. The Kier molecular flexibility index (Phi) is 4.12. The minimum absolute atomic E-state index is 0.166. The lowest BCUT2D eigenvalue weighted by atomic mass is 10.3. The number of rotatable bonds is 3. The Morgan fingerprint density at radius 2 is 1.70 bits per heavy atom. The lowest BCUT2D eigenvalue weighted by molar-refractivity contribution is 0.452. The van der Waals surface area contributed by atoms with Gasteiger partial charge in [0.1, 0.15) is 5.82 Å². The van der Waals surface area contributed by atoms with Crippen LogP contribution in [0, 0.1) is 18.6 Å². The first-order valence-corrected chi connectivity index (χ1v) is 7.63. The van der Waals surface area contributed by atoms with Gasteiger partial charge < -0.3 is 4.18 Å². The van der Waals surface area contributed by atoms with E-state index < -0.39 is 43.6 Å². The second-order valence-electron chi connectivity index (χ2n) is 4.73. The van der Waals surface area contributed by atoms with Gasteiger partial charge in [0.05, 0.1) is 0 Å². The zero-order chi connectivity index (χ0) is 17.5. The summed E-state index contributed by atoms with van der Waals surface area (Å²) in [5.41, 5.74) is -1.99. The fourth-order valence-electron chi connectivity index (χ4n) is 1.91. The van der Waals surface area contributed by atoms with E-state index in [1.165, 1.54) is 14.0 Å². The summed E-state index contributed by atoms with van der Waals surface area (Å²) >= 11 is 0. The number of hydrogen-bond donors (Lipinski definition) is 0. The van der Waals surface area contributed by atoms with E-state index in [1.54, 1.807) is 0 Å². The molecule has 0 amide bonds. The van der Waals surface area contributed by atoms with Gasteiger partial charge in [0.25, 0.3) is 5.56 Å². The monoisotopic (exact) mass is 346 g/mol. The molecule has 1 aromatic heterocycles. The summed E-state index contributed by atoms with van der Waals surface area (Å²) in [5.74, 6) is -2.92. The minimum atomic E-state index is -4.73. The van der Waals surface area contributed by atoms with Gasteiger partial charge in [0.15, 0.2) is 16.5 Å². The molecule has 0 N–H and O–H groups in total. The van der Waals surface area contributed by atoms with Crippen molar-refractivity contribution in [3.8, 4) is 5.75 Å². The molecule has 0 atom stereocenters. The van der Waals surface area contributed by atoms with Gasteiger partial charge in [-0.2, -0.15) is 8.42 Å². The fraction of sp³-hybridized carbons (Fsp3) is 0.231. The summed E-state index contributed by atoms with van der Waals surface area (Å²) in [6.07, 6.45) is 0. The van der Waals surface area contributed by atoms with Crippen LogP contribution in [0.15, 0.2) is 32.7 Å². The molecular formula is C13H12F2N2O5S. The second-order valence-corrected chi connectivity index (χ2v) is 6.22. The number of aromatic nitrogens is 2. The van der Waals surface area contributed by atoms with Gasteiger partial charge >= 0.3 is 15.8 Å². The van der Waals surface area contributed by atoms with Crippen molar-refractivity contribution in [1.82, 2.24) is 9.13 Å². The summed E-state index contributed by atoms with van der Waals surface area (Å²) in [7, 11) is -2.36. The Labute approximate surface area is 129 Å². The van der Waals surface area contributed by atoms with Crippen LogP contribution in [0.3, 0.4) is 0 Å². The Morgan fingerprint density at radius 3 is 2.26 bits per heavy atom. The van der Waals surface area contributed by atoms with Crippen LogP contribution in [-0.2, 0) is 24.2 Å². The molecule has 0 bridgehead atoms. The van der Waals surface area contributed by atoms with Crippen molar-refractivity contribution >= 4 is 10.1 Å². The smallest absolute Gasteiger partial charge is 0.346 e. The third-order valence-corrected chi connectivity index (χ3v) is 4.62. The van der Waals surface area contributed by atoms with E-state index in [1.807, 2.05) is 0 Å². The summed E-state index contributed by atoms with van der Waals surface area (Å²) in [5, 5.41) is 0. The van der Waals surface area contributed by atoms with Crippen LogP contribution in [0.5, 0.6) is 5.75 Å². The zero-order valence-corrected chi connectivity index (χ0v) is 13.1. The van der Waals surface area contributed by atoms with E-state index in [-0.39, 0.29) is 5.69 Å². The van der Waals surface area contributed by atoms with Gasteiger partial charge in [0.2, 0.25) is 0 Å². The van der Waals surface area contributed by atoms with Crippen molar-refractivity contribution in [2.75, 3.05) is 0 Å². The van der Waals surface area contributed by atoms with Gasteiger partial charge in [-0.3, -0.25) is 13.9 Å². The van der Waals surface area contributed by atoms with E-state index in [9.17, 15) is 26.8 Å². The van der Waals surface area contributed by atoms with Crippen molar-refractivity contribution in [3.05, 3.63) is 56.4 Å². The van der Waals surface area contributed by atoms with Crippen LogP contribution < -0.4 is 15.4 Å². The van der Waals surface area contributed by atoms with E-state index in [0.29, 0.717) is 10.6 Å². The van der Waals surface area contributed by atoms with Gasteiger partial charge in [-0.25, -0.2) is 13.6 Å². The highest BCUT2D eigenvalue weighted by Crippen LogP contribution is 2.22. The molecular weight excluding hydrogens is 334 g/mol. The van der Waals surface area contributed by atoms with Gasteiger partial charge in [0, 0.05) is 25.9 Å². The first-order valence-electron chi connectivity index (χ1n) is 6.22. The van der Waals surface area contributed by atoms with Crippen molar-refractivity contribution in [2.24, 2.45) is 14.1 Å². The molecule has 1 aromatic carbocycles. The molecule has 0 saturated heterocycles. The molecule has 2 aromatic rings. The predicted octanol–water partition coefficient (Wildman–Crippen LogP) is 0.438. The number of benzene rings is 1. The average Bonchev–Trinajstić information content (AvgIpc) is 2.46. The summed E-state index contributed by atoms with van der Waals surface area (Å²) in [6.45, 7) is 1.24. The molecule has 0 fully saturated rings. The Bertz CT molecular complexity index is 1010. The number of nitrogens with zero attached hydrogens (tertiary/aromatic N) is 2. The summed E-state index contributed by atoms with van der Waals surface area (Å²) in [6, 6.07) is 2.03. The molecule has 0 aliphatic carbocycles. The largest absolute Gasteiger partial charge is 0.376 e. The molecule has 2 rings (SSSR count). The Balaban J connectivity index is 2.66. The minimum Gasteiger partial charge on any atom is -0.376 e. The molecule has 0 spiro atoms. The van der Waals surface area contributed by atoms with Crippen LogP contribution in [0.25, 0.3) is 0 Å². The highest BCUT2D eigenvalue weighted by Gasteiger charge is 2.28. The maximum absolute atomic E-state index is 13.6. The van der Waals surface area contributed by atoms with Crippen molar-refractivity contribution in [1.29, 1.82) is 0 Å². The standard InChI is InChI=1S/C13H12F2N2O5S/c1-7-11(12(18)17(3)13(19)16(7)2)23(20,21)22-10-5-4-8(14)6-9(10)15/h4-6H,1-3H3. The number of hydrogen-bond acceptors (Lipinski definition) is 5. The van der Waals surface area contributed by atoms with E-state index in [0.717, 1.165) is 23.7 Å². The lowest BCUT2D eigenvalue weighted by Crippen LogP contribution is -2.41. The SMILES string of the molecule is Cc1c(S(=O)(=O)Oc2ccc(F)cc2F)c(=O)n(C)c(=O)n1C. The fourth-order valence-corrected chi connectivity index (χ4v) is 3.21. The van der Waals surface area contributed by atoms with Gasteiger partial charge in [-0.15, -0.1) is 0 Å². The third kappa shape index (κ3) is 2.89. The molecule has 0 saturated carbocycles. The van der Waals surface area contributed by atoms with Crippen LogP contribution in [0.4, 0.5) is 8.78 Å². The zero-order valence-electron chi connectivity index (χ0n) is 12.3. The highest BCUT2D eigenvalue weighted by molar-refractivity contribution is 7.87. The molecule has 0 unspecified atom stereocenters. The predicted molar refractivity (Wildman–Crippen MR) is 75.8 cm³/mol. The molecule has 7 nitrogen and oxygen atoms in total. The first-order chi connectivity index (χ1) is 10.6. The topological polar surface area (TPSA) is 87.4 Å². The molecule has 1 heterocycles. The molecule has 0 aliphatic rings. The van der Waals surface area contributed by atoms with Gasteiger partial charge in [-0.05, 0) is 19.1 Å². The van der Waals surface area contributed by atoms with Crippen LogP contribution >= 0.6 is 0 Å².